The van der Waals surface area contributed by atoms with Crippen molar-refractivity contribution in [3.05, 3.63) is 29.3 Å². The number of hydrogen-bond acceptors (Lipinski definition) is 2. The molecule has 2 aromatic rings. The van der Waals surface area contributed by atoms with Gasteiger partial charge in [0.25, 0.3) is 0 Å². The molecule has 1 heterocycles. The van der Waals surface area contributed by atoms with Gasteiger partial charge in [0.05, 0.1) is 0 Å². The Morgan fingerprint density at radius 1 is 1.43 bits per heavy atom. The first-order valence-electron chi connectivity index (χ1n) is 3.85. The fraction of sp³-hybridized carbons (Fsp3) is 0. The van der Waals surface area contributed by atoms with E-state index in [2.05, 4.69) is 9.72 Å². The number of para-hydroxylation sites is 1. The molecule has 0 atom stereocenters. The minimum atomic E-state index is -1.39. The monoisotopic (exact) mass is 211 g/mol. The van der Waals surface area contributed by atoms with Crippen LogP contribution in [0, 0.1) is 0 Å². The Balaban J connectivity index is 2.57. The van der Waals surface area contributed by atoms with Gasteiger partial charge in [-0.3, -0.25) is 0 Å². The van der Waals surface area contributed by atoms with E-state index >= 15 is 0 Å². The zero-order valence-electron chi connectivity index (χ0n) is 6.95. The lowest BCUT2D eigenvalue weighted by Crippen LogP contribution is -2.03. The number of hydrogen-bond donors (Lipinski definition) is 2. The van der Waals surface area contributed by atoms with Gasteiger partial charge in [0.2, 0.25) is 5.88 Å². The second-order valence-electron chi connectivity index (χ2n) is 2.68. The van der Waals surface area contributed by atoms with Gasteiger partial charge in [-0.25, -0.2) is 4.79 Å². The summed E-state index contributed by atoms with van der Waals surface area (Å²) in [7, 11) is 0. The van der Waals surface area contributed by atoms with Crippen LogP contribution in [0.5, 0.6) is 5.88 Å². The summed E-state index contributed by atoms with van der Waals surface area (Å²) in [6, 6.07) is 7.20. The van der Waals surface area contributed by atoms with Crippen LogP contribution in [-0.2, 0) is 0 Å². The Kier molecular flexibility index (Phi) is 2.05. The summed E-state index contributed by atoms with van der Waals surface area (Å²) in [4.78, 5) is 13.1. The van der Waals surface area contributed by atoms with Gasteiger partial charge in [-0.05, 0) is 6.07 Å². The van der Waals surface area contributed by atoms with E-state index < -0.39 is 6.16 Å². The van der Waals surface area contributed by atoms with Crippen molar-refractivity contribution in [3.63, 3.8) is 0 Å². The molecule has 0 saturated carbocycles. The number of aromatic amines is 1. The first kappa shape index (κ1) is 8.90. The van der Waals surface area contributed by atoms with E-state index in [0.29, 0.717) is 0 Å². The predicted octanol–water partition coefficient (Wildman–Crippen LogP) is 2.88. The van der Waals surface area contributed by atoms with Crippen molar-refractivity contribution in [2.75, 3.05) is 0 Å². The van der Waals surface area contributed by atoms with Crippen LogP contribution in [0.1, 0.15) is 0 Å². The summed E-state index contributed by atoms with van der Waals surface area (Å²) in [5.41, 5.74) is 0.744. The number of ether oxygens (including phenoxy) is 1. The molecule has 1 aromatic carbocycles. The van der Waals surface area contributed by atoms with Crippen molar-refractivity contribution >= 4 is 28.7 Å². The molecular formula is C9H6ClNO3. The molecule has 0 fully saturated rings. The highest BCUT2D eigenvalue weighted by atomic mass is 35.5. The molecule has 0 amide bonds. The van der Waals surface area contributed by atoms with Crippen LogP contribution < -0.4 is 4.74 Å². The summed E-state index contributed by atoms with van der Waals surface area (Å²) in [5, 5.41) is 9.44. The number of halogens is 1. The highest BCUT2D eigenvalue weighted by molar-refractivity contribution is 6.37. The summed E-state index contributed by atoms with van der Waals surface area (Å²) in [5.74, 6) is 0.0559. The Bertz CT molecular complexity index is 492. The van der Waals surface area contributed by atoms with Gasteiger partial charge in [0, 0.05) is 10.9 Å². The molecule has 0 bridgehead atoms. The van der Waals surface area contributed by atoms with Gasteiger partial charge in [-0.2, -0.15) is 0 Å². The SMILES string of the molecule is O=C(O)Oc1[nH]c2ccccc2c1Cl. The molecule has 14 heavy (non-hydrogen) atoms. The first-order chi connectivity index (χ1) is 6.68. The van der Waals surface area contributed by atoms with Crippen LogP contribution in [0.15, 0.2) is 24.3 Å². The zero-order valence-corrected chi connectivity index (χ0v) is 7.71. The van der Waals surface area contributed by atoms with Crippen LogP contribution in [-0.4, -0.2) is 16.2 Å². The standard InChI is InChI=1S/C9H6ClNO3/c10-7-5-3-1-2-4-6(5)11-8(7)14-9(12)13/h1-4,11H,(H,12,13). The number of rotatable bonds is 1. The lowest BCUT2D eigenvalue weighted by Gasteiger charge is -1.94. The summed E-state index contributed by atoms with van der Waals surface area (Å²) in [6.07, 6.45) is -1.39. The van der Waals surface area contributed by atoms with Gasteiger partial charge < -0.3 is 14.8 Å². The molecule has 1 aromatic heterocycles. The number of carbonyl (C=O) groups is 1. The highest BCUT2D eigenvalue weighted by Gasteiger charge is 2.12. The van der Waals surface area contributed by atoms with Crippen molar-refractivity contribution in [1.82, 2.24) is 4.98 Å². The van der Waals surface area contributed by atoms with Crippen LogP contribution in [0.3, 0.4) is 0 Å². The molecule has 0 spiro atoms. The smallest absolute Gasteiger partial charge is 0.449 e. The normalized spacial score (nSPS) is 10.4. The summed E-state index contributed by atoms with van der Waals surface area (Å²) < 4.78 is 4.46. The molecule has 0 unspecified atom stereocenters. The van der Waals surface area contributed by atoms with E-state index in [-0.39, 0.29) is 10.9 Å². The maximum Gasteiger partial charge on any atom is 0.512 e. The summed E-state index contributed by atoms with van der Waals surface area (Å²) >= 11 is 5.88. The van der Waals surface area contributed by atoms with Crippen molar-refractivity contribution in [3.8, 4) is 5.88 Å². The molecule has 0 radical (unpaired) electrons. The lowest BCUT2D eigenvalue weighted by molar-refractivity contribution is 0.143. The Hall–Kier alpha value is -1.68. The number of fused-ring (bicyclic) bond motifs is 1. The molecule has 4 nitrogen and oxygen atoms in total. The minimum Gasteiger partial charge on any atom is -0.449 e. The number of H-pyrrole nitrogens is 1. The number of nitrogens with one attached hydrogen (secondary N) is 1. The third-order valence-corrected chi connectivity index (χ3v) is 2.18. The molecule has 2 rings (SSSR count). The van der Waals surface area contributed by atoms with E-state index in [0.717, 1.165) is 10.9 Å². The maximum absolute atomic E-state index is 10.3. The Labute approximate surface area is 84.1 Å². The molecule has 0 aliphatic rings. The highest BCUT2D eigenvalue weighted by Crippen LogP contribution is 2.32. The van der Waals surface area contributed by atoms with E-state index in [9.17, 15) is 4.79 Å². The third kappa shape index (κ3) is 1.40. The fourth-order valence-electron chi connectivity index (χ4n) is 1.24. The molecule has 2 N–H and O–H groups in total. The quantitative estimate of drug-likeness (QED) is 0.713. The third-order valence-electron chi connectivity index (χ3n) is 1.80. The largest absolute Gasteiger partial charge is 0.512 e. The van der Waals surface area contributed by atoms with Crippen LogP contribution >= 0.6 is 11.6 Å². The van der Waals surface area contributed by atoms with Crippen molar-refractivity contribution < 1.29 is 14.6 Å². The molecular weight excluding hydrogens is 206 g/mol. The van der Waals surface area contributed by atoms with Gasteiger partial charge in [-0.1, -0.05) is 29.8 Å². The fourth-order valence-corrected chi connectivity index (χ4v) is 1.49. The van der Waals surface area contributed by atoms with Crippen molar-refractivity contribution in [2.24, 2.45) is 0 Å². The zero-order chi connectivity index (χ0) is 10.1. The number of aromatic nitrogens is 1. The molecule has 0 saturated heterocycles. The predicted molar refractivity (Wildman–Crippen MR) is 52.0 cm³/mol. The topological polar surface area (TPSA) is 62.3 Å². The van der Waals surface area contributed by atoms with Crippen LogP contribution in [0.2, 0.25) is 5.02 Å². The van der Waals surface area contributed by atoms with Crippen molar-refractivity contribution in [2.45, 2.75) is 0 Å². The van der Waals surface area contributed by atoms with E-state index in [1.54, 1.807) is 12.1 Å². The van der Waals surface area contributed by atoms with E-state index in [1.807, 2.05) is 12.1 Å². The van der Waals surface area contributed by atoms with E-state index in [1.165, 1.54) is 0 Å². The molecule has 0 aliphatic carbocycles. The van der Waals surface area contributed by atoms with Crippen LogP contribution in [0.25, 0.3) is 10.9 Å². The molecule has 0 aliphatic heterocycles. The second kappa shape index (κ2) is 3.23. The lowest BCUT2D eigenvalue weighted by atomic mass is 10.2. The van der Waals surface area contributed by atoms with Crippen LogP contribution in [0.4, 0.5) is 4.79 Å². The average molecular weight is 212 g/mol. The van der Waals surface area contributed by atoms with Gasteiger partial charge in [0.1, 0.15) is 5.02 Å². The number of benzene rings is 1. The first-order valence-corrected chi connectivity index (χ1v) is 4.23. The van der Waals surface area contributed by atoms with Crippen molar-refractivity contribution in [1.29, 1.82) is 0 Å². The second-order valence-corrected chi connectivity index (χ2v) is 3.06. The average Bonchev–Trinajstić information content (AvgIpc) is 2.44. The van der Waals surface area contributed by atoms with Gasteiger partial charge >= 0.3 is 6.16 Å². The van der Waals surface area contributed by atoms with Gasteiger partial charge in [-0.15, -0.1) is 0 Å². The molecule has 72 valence electrons. The van der Waals surface area contributed by atoms with Gasteiger partial charge in [0.15, 0.2) is 0 Å². The summed E-state index contributed by atoms with van der Waals surface area (Å²) in [6.45, 7) is 0. The minimum absolute atomic E-state index is 0.0559. The van der Waals surface area contributed by atoms with E-state index in [4.69, 9.17) is 16.7 Å². The number of carboxylic acid groups (broad SMARTS) is 1. The Morgan fingerprint density at radius 2 is 2.14 bits per heavy atom. The molecule has 5 heteroatoms. The Morgan fingerprint density at radius 3 is 2.79 bits per heavy atom. The maximum atomic E-state index is 10.3.